The predicted octanol–water partition coefficient (Wildman–Crippen LogP) is 1.62. The summed E-state index contributed by atoms with van der Waals surface area (Å²) < 4.78 is 0. The van der Waals surface area contributed by atoms with Gasteiger partial charge in [-0.15, -0.1) is 11.3 Å². The van der Waals surface area contributed by atoms with Gasteiger partial charge in [-0.2, -0.15) is 0 Å². The van der Waals surface area contributed by atoms with Crippen LogP contribution in [0.4, 0.5) is 5.69 Å². The van der Waals surface area contributed by atoms with E-state index in [1.807, 2.05) is 6.92 Å². The second-order valence-electron chi connectivity index (χ2n) is 6.00. The van der Waals surface area contributed by atoms with Crippen molar-refractivity contribution in [2.45, 2.75) is 26.3 Å². The minimum Gasteiger partial charge on any atom is -0.350 e. The van der Waals surface area contributed by atoms with E-state index in [0.29, 0.717) is 25.1 Å². The molecular weight excluding hydrogens is 352 g/mol. The lowest BCUT2D eigenvalue weighted by molar-refractivity contribution is -0.120. The van der Waals surface area contributed by atoms with Gasteiger partial charge in [-0.05, 0) is 37.6 Å². The lowest BCUT2D eigenvalue weighted by Crippen LogP contribution is -2.36. The highest BCUT2D eigenvalue weighted by Gasteiger charge is 2.21. The van der Waals surface area contributed by atoms with E-state index in [2.05, 4.69) is 15.6 Å². The van der Waals surface area contributed by atoms with Gasteiger partial charge in [0.1, 0.15) is 0 Å². The Morgan fingerprint density at radius 1 is 1.23 bits per heavy atom. The van der Waals surface area contributed by atoms with E-state index in [4.69, 9.17) is 0 Å². The highest BCUT2D eigenvalue weighted by molar-refractivity contribution is 7.11. The summed E-state index contributed by atoms with van der Waals surface area (Å²) in [5.74, 6) is -0.480. The van der Waals surface area contributed by atoms with Crippen molar-refractivity contribution < 1.29 is 14.4 Å². The number of carbonyl (C=O) groups excluding carboxylic acids is 3. The largest absolute Gasteiger partial charge is 0.350 e. The number of aryl methyl sites for hydroxylation is 1. The van der Waals surface area contributed by atoms with Gasteiger partial charge in [0.05, 0.1) is 18.1 Å². The van der Waals surface area contributed by atoms with Crippen LogP contribution in [-0.2, 0) is 16.1 Å². The molecule has 0 radical (unpaired) electrons. The molecule has 1 saturated heterocycles. The number of anilines is 1. The van der Waals surface area contributed by atoms with Gasteiger partial charge < -0.3 is 15.5 Å². The molecule has 7 nitrogen and oxygen atoms in total. The van der Waals surface area contributed by atoms with Gasteiger partial charge >= 0.3 is 0 Å². The summed E-state index contributed by atoms with van der Waals surface area (Å²) in [7, 11) is 0. The zero-order valence-electron chi connectivity index (χ0n) is 14.4. The maximum atomic E-state index is 12.1. The number of aromatic nitrogens is 1. The van der Waals surface area contributed by atoms with Crippen LogP contribution in [0, 0.1) is 6.92 Å². The summed E-state index contributed by atoms with van der Waals surface area (Å²) >= 11 is 1.52. The fraction of sp³-hybridized carbons (Fsp3) is 0.333. The number of hydrogen-bond donors (Lipinski definition) is 2. The Labute approximate surface area is 155 Å². The molecule has 1 aliphatic rings. The molecule has 2 heterocycles. The highest BCUT2D eigenvalue weighted by Crippen LogP contribution is 2.21. The standard InChI is InChI=1S/C18H20N4O3S/c1-12-19-9-15(26-12)10-20-16(23)11-21-18(25)13-4-6-14(7-5-13)22-8-2-3-17(22)24/h4-7,9H,2-3,8,10-11H2,1H3,(H,20,23)(H,21,25). The second kappa shape index (κ2) is 8.09. The Morgan fingerprint density at radius 3 is 2.62 bits per heavy atom. The monoisotopic (exact) mass is 372 g/mol. The van der Waals surface area contributed by atoms with Crippen LogP contribution < -0.4 is 15.5 Å². The third-order valence-electron chi connectivity index (χ3n) is 4.05. The summed E-state index contributed by atoms with van der Waals surface area (Å²) in [6, 6.07) is 6.83. The molecule has 1 aliphatic heterocycles. The van der Waals surface area contributed by atoms with E-state index in [1.54, 1.807) is 35.4 Å². The van der Waals surface area contributed by atoms with Gasteiger partial charge in [-0.3, -0.25) is 14.4 Å². The van der Waals surface area contributed by atoms with Crippen LogP contribution in [0.5, 0.6) is 0 Å². The molecule has 1 aromatic heterocycles. The van der Waals surface area contributed by atoms with Gasteiger partial charge in [0.15, 0.2) is 0 Å². The highest BCUT2D eigenvalue weighted by atomic mass is 32.1. The molecule has 0 aliphatic carbocycles. The molecule has 1 aromatic carbocycles. The molecule has 3 amide bonds. The van der Waals surface area contributed by atoms with E-state index >= 15 is 0 Å². The maximum Gasteiger partial charge on any atom is 0.251 e. The van der Waals surface area contributed by atoms with E-state index in [0.717, 1.165) is 22.0 Å². The average molecular weight is 372 g/mol. The van der Waals surface area contributed by atoms with Crippen LogP contribution in [0.2, 0.25) is 0 Å². The molecule has 0 spiro atoms. The van der Waals surface area contributed by atoms with Crippen molar-refractivity contribution in [3.8, 4) is 0 Å². The lowest BCUT2D eigenvalue weighted by atomic mass is 10.2. The number of hydrogen-bond acceptors (Lipinski definition) is 5. The predicted molar refractivity (Wildman–Crippen MR) is 99.1 cm³/mol. The molecule has 0 saturated carbocycles. The molecule has 0 atom stereocenters. The number of nitrogens with one attached hydrogen (secondary N) is 2. The van der Waals surface area contributed by atoms with Gasteiger partial charge in [0.25, 0.3) is 5.91 Å². The average Bonchev–Trinajstić information content (AvgIpc) is 3.26. The van der Waals surface area contributed by atoms with Crippen molar-refractivity contribution >= 4 is 34.7 Å². The second-order valence-corrected chi connectivity index (χ2v) is 7.32. The Morgan fingerprint density at radius 2 is 2.00 bits per heavy atom. The summed E-state index contributed by atoms with van der Waals surface area (Å²) in [6.45, 7) is 2.92. The third kappa shape index (κ3) is 4.45. The summed E-state index contributed by atoms with van der Waals surface area (Å²) in [6.07, 6.45) is 3.15. The van der Waals surface area contributed by atoms with E-state index < -0.39 is 0 Å². The quantitative estimate of drug-likeness (QED) is 0.806. The number of rotatable bonds is 6. The Balaban J connectivity index is 1.46. The first kappa shape index (κ1) is 18.1. The molecular formula is C18H20N4O3S. The SMILES string of the molecule is Cc1ncc(CNC(=O)CNC(=O)c2ccc(N3CCCC3=O)cc2)s1. The number of nitrogens with zero attached hydrogens (tertiary/aromatic N) is 2. The van der Waals surface area contributed by atoms with Crippen LogP contribution in [0.3, 0.4) is 0 Å². The zero-order chi connectivity index (χ0) is 18.5. The van der Waals surface area contributed by atoms with Crippen molar-refractivity contribution in [1.82, 2.24) is 15.6 Å². The van der Waals surface area contributed by atoms with Crippen LogP contribution in [0.25, 0.3) is 0 Å². The molecule has 0 bridgehead atoms. The minimum atomic E-state index is -0.326. The van der Waals surface area contributed by atoms with E-state index in [-0.39, 0.29) is 24.3 Å². The molecule has 1 fully saturated rings. The molecule has 2 aromatic rings. The van der Waals surface area contributed by atoms with Crippen LogP contribution in [0.1, 0.15) is 33.1 Å². The third-order valence-corrected chi connectivity index (χ3v) is 4.97. The van der Waals surface area contributed by atoms with Crippen molar-refractivity contribution in [3.63, 3.8) is 0 Å². The van der Waals surface area contributed by atoms with E-state index in [1.165, 1.54) is 11.3 Å². The smallest absolute Gasteiger partial charge is 0.251 e. The fourth-order valence-corrected chi connectivity index (χ4v) is 3.45. The summed E-state index contributed by atoms with van der Waals surface area (Å²) in [4.78, 5) is 42.5. The molecule has 26 heavy (non-hydrogen) atoms. The molecule has 3 rings (SSSR count). The minimum absolute atomic E-state index is 0.0943. The number of carbonyl (C=O) groups is 3. The number of benzene rings is 1. The van der Waals surface area contributed by atoms with Crippen molar-refractivity contribution in [2.24, 2.45) is 0 Å². The topological polar surface area (TPSA) is 91.4 Å². The molecule has 0 unspecified atom stereocenters. The molecule has 136 valence electrons. The van der Waals surface area contributed by atoms with E-state index in [9.17, 15) is 14.4 Å². The normalized spacial score (nSPS) is 13.7. The van der Waals surface area contributed by atoms with Crippen molar-refractivity contribution in [1.29, 1.82) is 0 Å². The number of amides is 3. The summed E-state index contributed by atoms with van der Waals surface area (Å²) in [5, 5.41) is 6.28. The zero-order valence-corrected chi connectivity index (χ0v) is 15.3. The first-order valence-corrected chi connectivity index (χ1v) is 9.21. The van der Waals surface area contributed by atoms with Gasteiger partial charge in [-0.25, -0.2) is 4.98 Å². The Bertz CT molecular complexity index is 816. The number of thiazole rings is 1. The first-order chi connectivity index (χ1) is 12.5. The van der Waals surface area contributed by atoms with Crippen LogP contribution >= 0.6 is 11.3 Å². The van der Waals surface area contributed by atoms with Crippen molar-refractivity contribution in [3.05, 3.63) is 45.9 Å². The maximum absolute atomic E-state index is 12.1. The van der Waals surface area contributed by atoms with Gasteiger partial charge in [0.2, 0.25) is 11.8 Å². The van der Waals surface area contributed by atoms with Crippen molar-refractivity contribution in [2.75, 3.05) is 18.0 Å². The first-order valence-electron chi connectivity index (χ1n) is 8.39. The Hall–Kier alpha value is -2.74. The van der Waals surface area contributed by atoms with Gasteiger partial charge in [-0.1, -0.05) is 0 Å². The fourth-order valence-electron chi connectivity index (χ4n) is 2.71. The lowest BCUT2D eigenvalue weighted by Gasteiger charge is -2.15. The van der Waals surface area contributed by atoms with Crippen LogP contribution in [0.15, 0.2) is 30.5 Å². The Kier molecular flexibility index (Phi) is 5.62. The van der Waals surface area contributed by atoms with Gasteiger partial charge in [0, 0.05) is 35.3 Å². The van der Waals surface area contributed by atoms with Crippen LogP contribution in [-0.4, -0.2) is 35.8 Å². The molecule has 8 heteroatoms. The summed E-state index contributed by atoms with van der Waals surface area (Å²) in [5.41, 5.74) is 1.24. The molecule has 2 N–H and O–H groups in total.